The number of aromatic nitrogens is 4. The average Bonchev–Trinajstić information content (AvgIpc) is 3.57. The van der Waals surface area contributed by atoms with Gasteiger partial charge in [0.2, 0.25) is 0 Å². The first kappa shape index (κ1) is 24.1. The lowest BCUT2D eigenvalue weighted by molar-refractivity contribution is 0.0676. The van der Waals surface area contributed by atoms with Crippen molar-refractivity contribution in [2.75, 3.05) is 27.2 Å². The molecule has 2 aliphatic rings. The van der Waals surface area contributed by atoms with Crippen LogP contribution in [0.15, 0.2) is 42.6 Å². The summed E-state index contributed by atoms with van der Waals surface area (Å²) >= 11 is 0. The quantitative estimate of drug-likeness (QED) is 0.388. The molecule has 8 nitrogen and oxygen atoms in total. The minimum Gasteiger partial charge on any atom is -0.337 e. The number of piperidine rings is 1. The van der Waals surface area contributed by atoms with Crippen molar-refractivity contribution in [3.63, 3.8) is 0 Å². The molecule has 8 heteroatoms. The van der Waals surface area contributed by atoms with E-state index in [9.17, 15) is 4.79 Å². The fraction of sp³-hybridized carbons (Fsp3) is 0.483. The minimum atomic E-state index is 0.0881. The molecular weight excluding hydrogens is 462 g/mol. The highest BCUT2D eigenvalue weighted by atomic mass is 16.2. The molecule has 4 aromatic rings. The molecule has 1 aromatic carbocycles. The Morgan fingerprint density at radius 3 is 2.81 bits per heavy atom. The number of carbonyl (C=O) groups excluding carboxylic acids is 1. The number of amides is 1. The monoisotopic (exact) mass is 499 g/mol. The zero-order valence-corrected chi connectivity index (χ0v) is 22.3. The summed E-state index contributed by atoms with van der Waals surface area (Å²) in [4.78, 5) is 27.4. The van der Waals surface area contributed by atoms with Gasteiger partial charge in [0.05, 0.1) is 22.9 Å². The maximum Gasteiger partial charge on any atom is 0.253 e. The standard InChI is InChI=1S/C29H37N7O/c1-19(33(2)3)31-23-8-6-14-35(18-23)29(37)22-11-12-25-24(15-22)32-28(34(25)4)26-16-21-7-5-13-30-27(21)36(26)17-20-9-10-20/h5,7,11-13,15-16,19-20,23,31H,6,8-10,14,17-18H2,1-4H3/t19?,23-/m1/s1. The number of hydrogen-bond acceptors (Lipinski definition) is 5. The van der Waals surface area contributed by atoms with Crippen LogP contribution in [0.4, 0.5) is 0 Å². The molecule has 1 unspecified atom stereocenters. The Morgan fingerprint density at radius 1 is 1.19 bits per heavy atom. The second-order valence-corrected chi connectivity index (χ2v) is 11.1. The first-order chi connectivity index (χ1) is 17.9. The van der Waals surface area contributed by atoms with Crippen molar-refractivity contribution in [1.82, 2.24) is 34.2 Å². The molecule has 1 aliphatic heterocycles. The van der Waals surface area contributed by atoms with Crippen molar-refractivity contribution >= 4 is 28.0 Å². The van der Waals surface area contributed by atoms with Crippen molar-refractivity contribution in [3.8, 4) is 11.5 Å². The van der Waals surface area contributed by atoms with Gasteiger partial charge in [-0.3, -0.25) is 15.0 Å². The number of carbonyl (C=O) groups is 1. The van der Waals surface area contributed by atoms with Gasteiger partial charge in [0.25, 0.3) is 5.91 Å². The van der Waals surface area contributed by atoms with Crippen molar-refractivity contribution in [2.24, 2.45) is 13.0 Å². The lowest BCUT2D eigenvalue weighted by atomic mass is 10.0. The van der Waals surface area contributed by atoms with Crippen LogP contribution in [0, 0.1) is 5.92 Å². The maximum atomic E-state index is 13.5. The Bertz CT molecular complexity index is 1450. The molecule has 2 fully saturated rings. The highest BCUT2D eigenvalue weighted by Crippen LogP contribution is 2.36. The normalized spacial score (nSPS) is 19.3. The number of likely N-dealkylation sites (tertiary alicyclic amines) is 1. The highest BCUT2D eigenvalue weighted by molar-refractivity contribution is 5.98. The van der Waals surface area contributed by atoms with E-state index in [-0.39, 0.29) is 12.1 Å². The summed E-state index contributed by atoms with van der Waals surface area (Å²) in [7, 11) is 6.20. The summed E-state index contributed by atoms with van der Waals surface area (Å²) in [5.41, 5.74) is 4.70. The van der Waals surface area contributed by atoms with Crippen molar-refractivity contribution in [2.45, 2.75) is 51.4 Å². The van der Waals surface area contributed by atoms with Crippen molar-refractivity contribution < 1.29 is 4.79 Å². The van der Waals surface area contributed by atoms with E-state index in [4.69, 9.17) is 4.98 Å². The highest BCUT2D eigenvalue weighted by Gasteiger charge is 2.28. The third kappa shape index (κ3) is 4.64. The van der Waals surface area contributed by atoms with E-state index in [1.165, 1.54) is 12.8 Å². The smallest absolute Gasteiger partial charge is 0.253 e. The molecule has 3 aromatic heterocycles. The number of nitrogens with zero attached hydrogens (tertiary/aromatic N) is 6. The summed E-state index contributed by atoms with van der Waals surface area (Å²) < 4.78 is 4.47. The molecule has 0 spiro atoms. The van der Waals surface area contributed by atoms with Crippen LogP contribution in [0.3, 0.4) is 0 Å². The van der Waals surface area contributed by atoms with Gasteiger partial charge >= 0.3 is 0 Å². The van der Waals surface area contributed by atoms with Gasteiger partial charge in [0.15, 0.2) is 5.82 Å². The Hall–Kier alpha value is -3.23. The zero-order chi connectivity index (χ0) is 25.7. The number of imidazole rings is 1. The van der Waals surface area contributed by atoms with E-state index in [1.54, 1.807) is 0 Å². The van der Waals surface area contributed by atoms with Gasteiger partial charge in [0, 0.05) is 49.9 Å². The predicted octanol–water partition coefficient (Wildman–Crippen LogP) is 4.10. The summed E-state index contributed by atoms with van der Waals surface area (Å²) in [5.74, 6) is 1.72. The van der Waals surface area contributed by atoms with E-state index >= 15 is 0 Å². The lowest BCUT2D eigenvalue weighted by Gasteiger charge is -2.36. The Labute approximate surface area is 218 Å². The van der Waals surface area contributed by atoms with E-state index in [1.807, 2.05) is 35.4 Å². The second kappa shape index (κ2) is 9.58. The Balaban J connectivity index is 1.30. The number of nitrogens with one attached hydrogen (secondary N) is 1. The van der Waals surface area contributed by atoms with Gasteiger partial charge in [-0.25, -0.2) is 9.97 Å². The van der Waals surface area contributed by atoms with Crippen LogP contribution in [0.2, 0.25) is 0 Å². The molecule has 194 valence electrons. The summed E-state index contributed by atoms with van der Waals surface area (Å²) in [6.07, 6.45) is 6.80. The van der Waals surface area contributed by atoms with Gasteiger partial charge < -0.3 is 14.0 Å². The summed E-state index contributed by atoms with van der Waals surface area (Å²) in [6.45, 7) is 4.66. The van der Waals surface area contributed by atoms with E-state index < -0.39 is 0 Å². The van der Waals surface area contributed by atoms with Crippen LogP contribution in [0.1, 0.15) is 43.0 Å². The molecule has 1 amide bonds. The lowest BCUT2D eigenvalue weighted by Crippen LogP contribution is -2.53. The number of hydrogen-bond donors (Lipinski definition) is 1. The number of fused-ring (bicyclic) bond motifs is 2. The molecule has 4 heterocycles. The molecule has 37 heavy (non-hydrogen) atoms. The Kier molecular flexibility index (Phi) is 6.24. The Morgan fingerprint density at radius 2 is 2.03 bits per heavy atom. The first-order valence-corrected chi connectivity index (χ1v) is 13.5. The average molecular weight is 500 g/mol. The number of rotatable bonds is 7. The SMILES string of the molecule is CC(N[C@@H]1CCCN(C(=O)c2ccc3c(c2)nc(-c2cc4cccnc4n2CC2CC2)n3C)C1)N(C)C. The fourth-order valence-electron chi connectivity index (χ4n) is 5.55. The third-order valence-electron chi connectivity index (χ3n) is 8.11. The zero-order valence-electron chi connectivity index (χ0n) is 22.3. The molecule has 0 bridgehead atoms. The molecule has 2 atom stereocenters. The van der Waals surface area contributed by atoms with Gasteiger partial charge in [-0.15, -0.1) is 0 Å². The van der Waals surface area contributed by atoms with Crippen LogP contribution >= 0.6 is 0 Å². The van der Waals surface area contributed by atoms with E-state index in [0.29, 0.717) is 11.6 Å². The second-order valence-electron chi connectivity index (χ2n) is 11.1. The minimum absolute atomic E-state index is 0.0881. The molecular formula is C29H37N7O. The molecule has 1 saturated carbocycles. The van der Waals surface area contributed by atoms with Gasteiger partial charge in [-0.05, 0) is 89.0 Å². The third-order valence-corrected chi connectivity index (χ3v) is 8.11. The molecule has 0 radical (unpaired) electrons. The van der Waals surface area contributed by atoms with Gasteiger partial charge in [-0.1, -0.05) is 0 Å². The first-order valence-electron chi connectivity index (χ1n) is 13.5. The topological polar surface area (TPSA) is 71.2 Å². The largest absolute Gasteiger partial charge is 0.337 e. The number of benzene rings is 1. The van der Waals surface area contributed by atoms with E-state index in [0.717, 1.165) is 72.0 Å². The molecule has 1 N–H and O–H groups in total. The van der Waals surface area contributed by atoms with Crippen molar-refractivity contribution in [1.29, 1.82) is 0 Å². The van der Waals surface area contributed by atoms with Crippen LogP contribution in [0.5, 0.6) is 0 Å². The van der Waals surface area contributed by atoms with Gasteiger partial charge in [0.1, 0.15) is 5.65 Å². The molecule has 6 rings (SSSR count). The summed E-state index contributed by atoms with van der Waals surface area (Å²) in [5, 5.41) is 4.79. The van der Waals surface area contributed by atoms with E-state index in [2.05, 4.69) is 64.5 Å². The number of pyridine rings is 1. The van der Waals surface area contributed by atoms with Crippen LogP contribution < -0.4 is 5.32 Å². The fourth-order valence-corrected chi connectivity index (χ4v) is 5.55. The van der Waals surface area contributed by atoms with Gasteiger partial charge in [-0.2, -0.15) is 0 Å². The maximum absolute atomic E-state index is 13.5. The van der Waals surface area contributed by atoms with Crippen LogP contribution in [0.25, 0.3) is 33.6 Å². The predicted molar refractivity (Wildman–Crippen MR) is 147 cm³/mol. The van der Waals surface area contributed by atoms with Crippen molar-refractivity contribution in [3.05, 3.63) is 48.2 Å². The number of aryl methyl sites for hydroxylation is 1. The summed E-state index contributed by atoms with van der Waals surface area (Å²) in [6, 6.07) is 12.6. The van der Waals surface area contributed by atoms with Crippen LogP contribution in [-0.2, 0) is 13.6 Å². The molecule has 1 aliphatic carbocycles. The molecule has 1 saturated heterocycles. The van der Waals surface area contributed by atoms with Crippen LogP contribution in [-0.4, -0.2) is 74.2 Å².